The van der Waals surface area contributed by atoms with E-state index in [9.17, 15) is 0 Å². The van der Waals surface area contributed by atoms with Crippen molar-refractivity contribution in [3.8, 4) is 0 Å². The molecule has 0 aromatic rings. The molecule has 0 rings (SSSR count). The predicted molar refractivity (Wildman–Crippen MR) is 46.4 cm³/mol. The van der Waals surface area contributed by atoms with Gasteiger partial charge in [0.05, 0.1) is 0 Å². The molecule has 0 aromatic carbocycles. The van der Waals surface area contributed by atoms with Crippen LogP contribution in [-0.4, -0.2) is 11.8 Å². The van der Waals surface area contributed by atoms with Crippen molar-refractivity contribution in [3.63, 3.8) is 0 Å². The average molecular weight is 145 g/mol. The molecule has 0 amide bonds. The summed E-state index contributed by atoms with van der Waals surface area (Å²) in [7, 11) is 0. The molecule has 0 unspecified atom stereocenters. The Morgan fingerprint density at radius 3 is 1.70 bits per heavy atom. The SMILES string of the molecule is C/C=N\OC(C)(C)C.CC. The van der Waals surface area contributed by atoms with Gasteiger partial charge in [0.15, 0.2) is 0 Å². The van der Waals surface area contributed by atoms with Crippen LogP contribution in [0.25, 0.3) is 0 Å². The molecule has 0 fully saturated rings. The predicted octanol–water partition coefficient (Wildman–Crippen LogP) is 2.83. The maximum Gasteiger partial charge on any atom is 0.129 e. The monoisotopic (exact) mass is 145 g/mol. The zero-order chi connectivity index (χ0) is 8.62. The van der Waals surface area contributed by atoms with Gasteiger partial charge in [-0.1, -0.05) is 19.0 Å². The summed E-state index contributed by atoms with van der Waals surface area (Å²) in [6.45, 7) is 11.7. The van der Waals surface area contributed by atoms with Gasteiger partial charge >= 0.3 is 0 Å². The second-order valence-corrected chi connectivity index (χ2v) is 2.57. The molecule has 0 aliphatic rings. The van der Waals surface area contributed by atoms with Crippen molar-refractivity contribution in [2.24, 2.45) is 5.16 Å². The molecule has 2 nitrogen and oxygen atoms in total. The maximum absolute atomic E-state index is 4.95. The van der Waals surface area contributed by atoms with Crippen molar-refractivity contribution in [1.82, 2.24) is 0 Å². The highest BCUT2D eigenvalue weighted by Gasteiger charge is 2.08. The molecule has 0 N–H and O–H groups in total. The third-order valence-electron chi connectivity index (χ3n) is 0.432. The summed E-state index contributed by atoms with van der Waals surface area (Å²) >= 11 is 0. The Morgan fingerprint density at radius 2 is 1.60 bits per heavy atom. The summed E-state index contributed by atoms with van der Waals surface area (Å²) in [6, 6.07) is 0. The van der Waals surface area contributed by atoms with Crippen molar-refractivity contribution in [3.05, 3.63) is 0 Å². The van der Waals surface area contributed by atoms with Gasteiger partial charge in [-0.25, -0.2) is 0 Å². The Balaban J connectivity index is 0. The van der Waals surface area contributed by atoms with Gasteiger partial charge in [0.25, 0.3) is 0 Å². The van der Waals surface area contributed by atoms with Crippen molar-refractivity contribution in [1.29, 1.82) is 0 Å². The van der Waals surface area contributed by atoms with Gasteiger partial charge < -0.3 is 4.84 Å². The molecule has 0 spiro atoms. The lowest BCUT2D eigenvalue weighted by Gasteiger charge is -2.14. The van der Waals surface area contributed by atoms with Crippen LogP contribution in [0.2, 0.25) is 0 Å². The molecule has 0 aliphatic heterocycles. The molecule has 2 heteroatoms. The highest BCUT2D eigenvalue weighted by atomic mass is 16.6. The molecule has 10 heavy (non-hydrogen) atoms. The van der Waals surface area contributed by atoms with Gasteiger partial charge in [-0.15, -0.1) is 0 Å². The van der Waals surface area contributed by atoms with Crippen LogP contribution in [0.5, 0.6) is 0 Å². The molecule has 0 saturated carbocycles. The van der Waals surface area contributed by atoms with Crippen LogP contribution < -0.4 is 0 Å². The molecule has 62 valence electrons. The number of rotatable bonds is 1. The van der Waals surface area contributed by atoms with Gasteiger partial charge in [-0.3, -0.25) is 0 Å². The highest BCUT2D eigenvalue weighted by Crippen LogP contribution is 2.05. The van der Waals surface area contributed by atoms with E-state index < -0.39 is 0 Å². The number of hydrogen-bond acceptors (Lipinski definition) is 2. The van der Waals surface area contributed by atoms with Gasteiger partial charge in [0.2, 0.25) is 0 Å². The summed E-state index contributed by atoms with van der Waals surface area (Å²) in [6.07, 6.45) is 1.63. The minimum atomic E-state index is -0.146. The first-order chi connectivity index (χ1) is 4.56. The van der Waals surface area contributed by atoms with E-state index in [1.807, 2.05) is 41.5 Å². The number of nitrogens with zero attached hydrogens (tertiary/aromatic N) is 1. The van der Waals surface area contributed by atoms with E-state index in [1.54, 1.807) is 6.21 Å². The average Bonchev–Trinajstić information content (AvgIpc) is 1.87. The minimum Gasteiger partial charge on any atom is -0.390 e. The van der Waals surface area contributed by atoms with Crippen LogP contribution in [0.15, 0.2) is 5.16 Å². The minimum absolute atomic E-state index is 0.146. The molecule has 0 radical (unpaired) electrons. The van der Waals surface area contributed by atoms with Crippen LogP contribution in [0.3, 0.4) is 0 Å². The van der Waals surface area contributed by atoms with Gasteiger partial charge in [0.1, 0.15) is 5.60 Å². The zero-order valence-corrected chi connectivity index (χ0v) is 7.93. The Bertz CT molecular complexity index is 81.7. The fraction of sp³-hybridized carbons (Fsp3) is 0.875. The van der Waals surface area contributed by atoms with E-state index in [0.717, 1.165) is 0 Å². The summed E-state index contributed by atoms with van der Waals surface area (Å²) in [5, 5.41) is 3.62. The van der Waals surface area contributed by atoms with Crippen LogP contribution in [0, 0.1) is 0 Å². The molecule has 0 aliphatic carbocycles. The fourth-order valence-corrected chi connectivity index (χ4v) is 0.211. The Kier molecular flexibility index (Phi) is 8.02. The lowest BCUT2D eigenvalue weighted by atomic mass is 10.2. The normalized spacial score (nSPS) is 10.6. The molecule has 0 aromatic heterocycles. The van der Waals surface area contributed by atoms with E-state index in [0.29, 0.717) is 0 Å². The van der Waals surface area contributed by atoms with Gasteiger partial charge in [0, 0.05) is 6.21 Å². The van der Waals surface area contributed by atoms with Gasteiger partial charge in [-0.05, 0) is 27.7 Å². The summed E-state index contributed by atoms with van der Waals surface area (Å²) in [5.74, 6) is 0. The number of oxime groups is 1. The molecule has 0 heterocycles. The van der Waals surface area contributed by atoms with Crippen molar-refractivity contribution >= 4 is 6.21 Å². The quantitative estimate of drug-likeness (QED) is 0.410. The van der Waals surface area contributed by atoms with Gasteiger partial charge in [-0.2, -0.15) is 0 Å². The molecule has 0 bridgehead atoms. The summed E-state index contributed by atoms with van der Waals surface area (Å²) in [4.78, 5) is 4.95. The van der Waals surface area contributed by atoms with E-state index in [2.05, 4.69) is 5.16 Å². The van der Waals surface area contributed by atoms with E-state index in [-0.39, 0.29) is 5.60 Å². The smallest absolute Gasteiger partial charge is 0.129 e. The molecular weight excluding hydrogens is 126 g/mol. The summed E-state index contributed by atoms with van der Waals surface area (Å²) < 4.78 is 0. The zero-order valence-electron chi connectivity index (χ0n) is 7.93. The maximum atomic E-state index is 4.95. The first-order valence-electron chi connectivity index (χ1n) is 3.72. The Morgan fingerprint density at radius 1 is 1.20 bits per heavy atom. The highest BCUT2D eigenvalue weighted by molar-refractivity contribution is 5.52. The van der Waals surface area contributed by atoms with E-state index >= 15 is 0 Å². The molecule has 0 saturated heterocycles. The van der Waals surface area contributed by atoms with E-state index in [4.69, 9.17) is 4.84 Å². The topological polar surface area (TPSA) is 21.6 Å². The third kappa shape index (κ3) is 15.6. The Labute approximate surface area is 64.3 Å². The van der Waals surface area contributed by atoms with Crippen molar-refractivity contribution in [2.75, 3.05) is 0 Å². The largest absolute Gasteiger partial charge is 0.390 e. The second kappa shape index (κ2) is 6.59. The Hall–Kier alpha value is -0.530. The molecular formula is C8H19NO. The lowest BCUT2D eigenvalue weighted by molar-refractivity contribution is 0.00180. The lowest BCUT2D eigenvalue weighted by Crippen LogP contribution is -2.15. The van der Waals surface area contributed by atoms with Crippen LogP contribution >= 0.6 is 0 Å². The standard InChI is InChI=1S/C6H13NO.C2H6/c1-5-7-8-6(2,3)4;1-2/h5H,1-4H3;1-2H3/b7-5-;. The van der Waals surface area contributed by atoms with Crippen LogP contribution in [0.4, 0.5) is 0 Å². The van der Waals surface area contributed by atoms with E-state index in [1.165, 1.54) is 0 Å². The van der Waals surface area contributed by atoms with Crippen LogP contribution in [0.1, 0.15) is 41.5 Å². The summed E-state index contributed by atoms with van der Waals surface area (Å²) in [5.41, 5.74) is -0.146. The fourth-order valence-electron chi connectivity index (χ4n) is 0.211. The van der Waals surface area contributed by atoms with Crippen molar-refractivity contribution < 1.29 is 4.84 Å². The molecule has 0 atom stereocenters. The first-order valence-corrected chi connectivity index (χ1v) is 3.72. The first kappa shape index (κ1) is 12.2. The van der Waals surface area contributed by atoms with Crippen molar-refractivity contribution in [2.45, 2.75) is 47.1 Å². The van der Waals surface area contributed by atoms with Crippen LogP contribution in [-0.2, 0) is 4.84 Å². The third-order valence-corrected chi connectivity index (χ3v) is 0.432. The number of hydrogen-bond donors (Lipinski definition) is 0. The second-order valence-electron chi connectivity index (χ2n) is 2.57.